The van der Waals surface area contributed by atoms with Crippen LogP contribution >= 0.6 is 11.8 Å². The molecule has 1 aromatic rings. The quantitative estimate of drug-likeness (QED) is 0.136. The van der Waals surface area contributed by atoms with E-state index in [4.69, 9.17) is 5.11 Å². The molecule has 0 aliphatic carbocycles. The van der Waals surface area contributed by atoms with E-state index in [9.17, 15) is 24.3 Å². The fraction of sp³-hybridized carbons (Fsp3) is 0.389. The van der Waals surface area contributed by atoms with Gasteiger partial charge < -0.3 is 0 Å². The van der Waals surface area contributed by atoms with Gasteiger partial charge in [-0.05, 0) is 0 Å². The molecule has 1 rings (SSSR count). The number of carbonyl (C=O) groups is 4. The van der Waals surface area contributed by atoms with Gasteiger partial charge in [-0.25, -0.2) is 0 Å². The number of rotatable bonds is 12. The van der Waals surface area contributed by atoms with Gasteiger partial charge in [0, 0.05) is 0 Å². The molecule has 0 saturated carbocycles. The van der Waals surface area contributed by atoms with Crippen LogP contribution in [0.4, 0.5) is 0 Å². The van der Waals surface area contributed by atoms with E-state index < -0.39 is 42.4 Å². The number of carboxylic acids is 2. The number of aliphatic imine (C=N–C) groups is 1. The van der Waals surface area contributed by atoms with Gasteiger partial charge in [-0.15, -0.1) is 0 Å². The Morgan fingerprint density at radius 2 is 1.90 bits per heavy atom. The van der Waals surface area contributed by atoms with Crippen molar-refractivity contribution >= 4 is 55.5 Å². The van der Waals surface area contributed by atoms with Gasteiger partial charge in [0.1, 0.15) is 0 Å². The summed E-state index contributed by atoms with van der Waals surface area (Å²) in [5.74, 6) is -3.70. The Hall–Kier alpha value is -2.40. The topological polar surface area (TPSA) is 176 Å². The van der Waals surface area contributed by atoms with Gasteiger partial charge in [-0.3, -0.25) is 0 Å². The maximum absolute atomic E-state index is 12.3. The summed E-state index contributed by atoms with van der Waals surface area (Å²) in [5, 5.41) is 24.1. The van der Waals surface area contributed by atoms with E-state index in [1.807, 2.05) is 30.3 Å². The van der Waals surface area contributed by atoms with Gasteiger partial charge in [0.25, 0.3) is 0 Å². The zero-order chi connectivity index (χ0) is 22.5. The van der Waals surface area contributed by atoms with E-state index in [2.05, 4.69) is 37.4 Å². The van der Waals surface area contributed by atoms with Crippen molar-refractivity contribution in [1.82, 2.24) is 10.6 Å². The summed E-state index contributed by atoms with van der Waals surface area (Å²) in [6.45, 7) is -0.152. The van der Waals surface area contributed by atoms with Crippen LogP contribution in [0.1, 0.15) is 18.4 Å². The van der Waals surface area contributed by atoms with Crippen LogP contribution in [0.15, 0.2) is 35.3 Å². The molecule has 0 bridgehead atoms. The summed E-state index contributed by atoms with van der Waals surface area (Å²) in [5.41, 5.74) is 4.37. The molecule has 0 spiro atoms. The van der Waals surface area contributed by atoms with Gasteiger partial charge in [-0.1, -0.05) is 0 Å². The molecule has 2 unspecified atom stereocenters. The first-order valence-corrected chi connectivity index (χ1v) is 10.7. The van der Waals surface area contributed by atoms with Crippen molar-refractivity contribution in [2.24, 2.45) is 4.99 Å². The second kappa shape index (κ2) is 13.8. The van der Waals surface area contributed by atoms with Crippen molar-refractivity contribution in [1.29, 1.82) is 0 Å². The Labute approximate surface area is 185 Å². The number of nitrogens with one attached hydrogen (secondary N) is 2. The first-order valence-electron chi connectivity index (χ1n) is 8.90. The summed E-state index contributed by atoms with van der Waals surface area (Å²) < 4.78 is 0.568. The van der Waals surface area contributed by atoms with Crippen molar-refractivity contribution in [3.63, 3.8) is 0 Å². The van der Waals surface area contributed by atoms with Gasteiger partial charge in [0.2, 0.25) is 0 Å². The zero-order valence-corrected chi connectivity index (χ0v) is 18.6. The molecule has 12 heteroatoms. The van der Waals surface area contributed by atoms with Crippen molar-refractivity contribution in [2.75, 3.05) is 12.3 Å². The number of nitrogens with zero attached hydrogens (tertiary/aromatic N) is 1. The fourth-order valence-corrected chi connectivity index (χ4v) is 3.36. The minimum atomic E-state index is -1.37. The summed E-state index contributed by atoms with van der Waals surface area (Å²) in [7, 11) is 0. The molecule has 0 saturated heterocycles. The number of carboxylic acid groups (broad SMARTS) is 2. The average molecular weight is 502 g/mol. The Morgan fingerprint density at radius 1 is 1.23 bits per heavy atom. The third-order valence-corrected chi connectivity index (χ3v) is 5.61. The Balaban J connectivity index is 2.65. The molecule has 1 radical (unpaired) electrons. The molecule has 10 nitrogen and oxygen atoms in total. The Bertz CT molecular complexity index is 777. The van der Waals surface area contributed by atoms with E-state index in [1.54, 1.807) is 0 Å². The number of aliphatic carboxylic acids is 2. The van der Waals surface area contributed by atoms with Gasteiger partial charge in [-0.2, -0.15) is 0 Å². The molecule has 0 aliphatic heterocycles. The van der Waals surface area contributed by atoms with E-state index in [0.29, 0.717) is 10.5 Å². The van der Waals surface area contributed by atoms with Crippen molar-refractivity contribution in [3.8, 4) is 0 Å². The number of amides is 2. The van der Waals surface area contributed by atoms with Gasteiger partial charge >= 0.3 is 186 Å². The molecule has 30 heavy (non-hydrogen) atoms. The van der Waals surface area contributed by atoms with Crippen LogP contribution in [0.3, 0.4) is 0 Å². The fourth-order valence-electron chi connectivity index (χ4n) is 2.10. The minimum absolute atomic E-state index is 0.0455. The molecule has 1 aromatic carbocycles. The SMILES string of the molecule is [NH3+]C(CCC(=O)NC(CSC([Se])=NCc1ccccc1)C(=O)NCC(=O)O)C(=O)[O-]. The maximum atomic E-state index is 12.3. The molecule has 6 N–H and O–H groups in total. The first-order chi connectivity index (χ1) is 14.2. The summed E-state index contributed by atoms with van der Waals surface area (Å²) in [6.07, 6.45) is -0.209. The molecule has 0 aliphatic rings. The molecule has 2 amide bonds. The van der Waals surface area contributed by atoms with Crippen LogP contribution in [0, 0.1) is 0 Å². The second-order valence-electron chi connectivity index (χ2n) is 6.17. The normalized spacial score (nSPS) is 13.2. The zero-order valence-electron chi connectivity index (χ0n) is 16.0. The van der Waals surface area contributed by atoms with E-state index in [-0.39, 0.29) is 18.6 Å². The van der Waals surface area contributed by atoms with Crippen LogP contribution in [0.5, 0.6) is 0 Å². The van der Waals surface area contributed by atoms with Gasteiger partial charge in [0.05, 0.1) is 0 Å². The van der Waals surface area contributed by atoms with E-state index >= 15 is 0 Å². The van der Waals surface area contributed by atoms with Crippen LogP contribution in [-0.4, -0.2) is 73.2 Å². The van der Waals surface area contributed by atoms with Crippen LogP contribution < -0.4 is 21.5 Å². The number of thioether (sulfide) groups is 1. The summed E-state index contributed by atoms with van der Waals surface area (Å²) in [4.78, 5) is 50.1. The number of carbonyl (C=O) groups excluding carboxylic acids is 3. The molecule has 0 fully saturated rings. The summed E-state index contributed by atoms with van der Waals surface area (Å²) >= 11 is 3.98. The van der Waals surface area contributed by atoms with Crippen molar-refractivity contribution in [2.45, 2.75) is 31.5 Å². The molecule has 0 aromatic heterocycles. The third-order valence-electron chi connectivity index (χ3n) is 3.73. The number of quaternary nitrogens is 1. The number of hydrogen-bond acceptors (Lipinski definition) is 7. The Kier molecular flexibility index (Phi) is 11.8. The predicted molar refractivity (Wildman–Crippen MR) is 109 cm³/mol. The monoisotopic (exact) mass is 503 g/mol. The van der Waals surface area contributed by atoms with Crippen LogP contribution in [0.2, 0.25) is 0 Å². The third kappa shape index (κ3) is 11.0. The van der Waals surface area contributed by atoms with Crippen LogP contribution in [-0.2, 0) is 25.7 Å². The van der Waals surface area contributed by atoms with Crippen molar-refractivity contribution < 1.29 is 35.1 Å². The standard InChI is InChI=1S/C18H23N4O6SSe/c19-12(17(27)28)6-7-14(23)22-13(16(26)20-9-15(24)25)10-29-18(30)21-8-11-4-2-1-3-5-11/h1-5,12-13H,6-10,19H2,(H,20,26)(H,22,23)(H,24,25)(H,27,28). The summed E-state index contributed by atoms with van der Waals surface area (Å²) in [6, 6.07) is 7.46. The molecule has 2 atom stereocenters. The first kappa shape index (κ1) is 25.6. The number of benzene rings is 1. The van der Waals surface area contributed by atoms with E-state index in [1.165, 1.54) is 11.8 Å². The van der Waals surface area contributed by atoms with Crippen molar-refractivity contribution in [3.05, 3.63) is 35.9 Å². The Morgan fingerprint density at radius 3 is 2.50 bits per heavy atom. The molecular formula is C18H23N4O6SSe. The van der Waals surface area contributed by atoms with Crippen LogP contribution in [0.25, 0.3) is 0 Å². The number of hydrogen-bond donors (Lipinski definition) is 4. The average Bonchev–Trinajstić information content (AvgIpc) is 2.72. The van der Waals surface area contributed by atoms with Gasteiger partial charge in [0.15, 0.2) is 0 Å². The molecular weight excluding hydrogens is 479 g/mol. The molecule has 163 valence electrons. The molecule has 0 heterocycles. The second-order valence-corrected chi connectivity index (χ2v) is 8.57. The predicted octanol–water partition coefficient (Wildman–Crippen LogP) is -2.73. The van der Waals surface area contributed by atoms with E-state index in [0.717, 1.165) is 5.56 Å².